The van der Waals surface area contributed by atoms with Gasteiger partial charge in [0.2, 0.25) is 0 Å². The number of rotatable bonds is 8. The van der Waals surface area contributed by atoms with Gasteiger partial charge in [0, 0.05) is 27.2 Å². The Labute approximate surface area is 231 Å². The van der Waals surface area contributed by atoms with Gasteiger partial charge in [0.25, 0.3) is 5.91 Å². The summed E-state index contributed by atoms with van der Waals surface area (Å²) in [6, 6.07) is 14.1. The van der Waals surface area contributed by atoms with Crippen LogP contribution in [0.25, 0.3) is 0 Å². The van der Waals surface area contributed by atoms with E-state index in [1.807, 2.05) is 48.7 Å². The standard InChI is InChI=1S/C30H33BrN2O3S/c1-35-25-12-7-8-21(28(25)36-19-20-14-16-22(31)17-15-20)18-32-30-27(24-11-5-6-13-26(24)37-30)29(34)33-23-9-3-2-4-10-23/h7-8,12,14-18,23H,2-6,9-11,13,19H2,1H3,(H,33,34). The zero-order valence-corrected chi connectivity index (χ0v) is 23.6. The van der Waals surface area contributed by atoms with Crippen LogP contribution in [0.5, 0.6) is 11.5 Å². The van der Waals surface area contributed by atoms with Gasteiger partial charge in [0.1, 0.15) is 11.6 Å². The number of aryl methyl sites for hydroxylation is 1. The molecule has 2 aromatic carbocycles. The molecule has 1 fully saturated rings. The third kappa shape index (κ3) is 6.27. The van der Waals surface area contributed by atoms with Gasteiger partial charge in [-0.15, -0.1) is 11.3 Å². The molecule has 7 heteroatoms. The first-order valence-corrected chi connectivity index (χ1v) is 14.8. The van der Waals surface area contributed by atoms with Crippen molar-refractivity contribution in [2.45, 2.75) is 70.4 Å². The predicted octanol–water partition coefficient (Wildman–Crippen LogP) is 7.79. The number of fused-ring (bicyclic) bond motifs is 1. The Kier molecular flexibility index (Phi) is 8.62. The summed E-state index contributed by atoms with van der Waals surface area (Å²) >= 11 is 5.14. The minimum Gasteiger partial charge on any atom is -0.493 e. The average Bonchev–Trinajstić information content (AvgIpc) is 3.31. The summed E-state index contributed by atoms with van der Waals surface area (Å²) in [5.74, 6) is 1.34. The Morgan fingerprint density at radius 1 is 1.08 bits per heavy atom. The lowest BCUT2D eigenvalue weighted by Crippen LogP contribution is -2.36. The van der Waals surface area contributed by atoms with Crippen LogP contribution in [0, 0.1) is 0 Å². The number of amides is 1. The molecule has 0 aliphatic heterocycles. The molecule has 1 saturated carbocycles. The molecule has 0 bridgehead atoms. The molecular formula is C30H33BrN2O3S. The van der Waals surface area contributed by atoms with Crippen LogP contribution in [-0.2, 0) is 19.4 Å². The van der Waals surface area contributed by atoms with Gasteiger partial charge in [-0.2, -0.15) is 0 Å². The number of hydrogen-bond donors (Lipinski definition) is 1. The maximum Gasteiger partial charge on any atom is 0.254 e. The number of benzene rings is 2. The number of nitrogens with one attached hydrogen (secondary N) is 1. The molecule has 1 amide bonds. The van der Waals surface area contributed by atoms with Crippen LogP contribution in [0.4, 0.5) is 5.00 Å². The average molecular weight is 582 g/mol. The number of nitrogens with zero attached hydrogens (tertiary/aromatic N) is 1. The van der Waals surface area contributed by atoms with Crippen molar-refractivity contribution in [3.63, 3.8) is 0 Å². The zero-order valence-electron chi connectivity index (χ0n) is 21.2. The molecule has 5 nitrogen and oxygen atoms in total. The number of ether oxygens (including phenoxy) is 2. The van der Waals surface area contributed by atoms with Crippen molar-refractivity contribution < 1.29 is 14.3 Å². The summed E-state index contributed by atoms with van der Waals surface area (Å²) in [6.07, 6.45) is 11.9. The van der Waals surface area contributed by atoms with E-state index in [1.54, 1.807) is 18.4 Å². The number of carbonyl (C=O) groups is 1. The molecule has 194 valence electrons. The molecule has 0 saturated heterocycles. The largest absolute Gasteiger partial charge is 0.493 e. The number of halogens is 1. The lowest BCUT2D eigenvalue weighted by molar-refractivity contribution is 0.0927. The van der Waals surface area contributed by atoms with Crippen molar-refractivity contribution in [2.75, 3.05) is 7.11 Å². The smallest absolute Gasteiger partial charge is 0.254 e. The van der Waals surface area contributed by atoms with E-state index >= 15 is 0 Å². The van der Waals surface area contributed by atoms with Crippen LogP contribution in [0.2, 0.25) is 0 Å². The molecule has 5 rings (SSSR count). The fraction of sp³-hybridized carbons (Fsp3) is 0.400. The summed E-state index contributed by atoms with van der Waals surface area (Å²) in [7, 11) is 1.64. The van der Waals surface area contributed by atoms with E-state index in [0.717, 1.165) is 58.3 Å². The maximum absolute atomic E-state index is 13.5. The summed E-state index contributed by atoms with van der Waals surface area (Å²) in [5, 5.41) is 4.12. The van der Waals surface area contributed by atoms with Crippen molar-refractivity contribution in [2.24, 2.45) is 4.99 Å². The third-order valence-corrected chi connectivity index (χ3v) is 8.90. The minimum atomic E-state index is 0.0378. The van der Waals surface area contributed by atoms with E-state index in [2.05, 4.69) is 21.2 Å². The number of carbonyl (C=O) groups excluding carboxylic acids is 1. The Morgan fingerprint density at radius 3 is 2.65 bits per heavy atom. The summed E-state index contributed by atoms with van der Waals surface area (Å²) in [6.45, 7) is 0.414. The highest BCUT2D eigenvalue weighted by atomic mass is 79.9. The highest BCUT2D eigenvalue weighted by molar-refractivity contribution is 9.10. The van der Waals surface area contributed by atoms with Crippen molar-refractivity contribution in [1.82, 2.24) is 5.32 Å². The highest BCUT2D eigenvalue weighted by Gasteiger charge is 2.27. The number of methoxy groups -OCH3 is 1. The Morgan fingerprint density at radius 2 is 1.86 bits per heavy atom. The molecule has 2 aliphatic rings. The van der Waals surface area contributed by atoms with Gasteiger partial charge in [0.05, 0.1) is 12.7 Å². The monoisotopic (exact) mass is 580 g/mol. The normalized spacial score (nSPS) is 15.9. The van der Waals surface area contributed by atoms with Crippen LogP contribution in [-0.4, -0.2) is 25.3 Å². The lowest BCUT2D eigenvalue weighted by Gasteiger charge is -2.23. The van der Waals surface area contributed by atoms with Crippen LogP contribution >= 0.6 is 27.3 Å². The Bertz CT molecular complexity index is 1260. The highest BCUT2D eigenvalue weighted by Crippen LogP contribution is 2.40. The number of para-hydroxylation sites is 1. The quantitative estimate of drug-likeness (QED) is 0.276. The SMILES string of the molecule is COc1cccc(C=Nc2sc3c(c2C(=O)NC2CCCCC2)CCCC3)c1OCc1ccc(Br)cc1. The molecule has 0 unspecified atom stereocenters. The number of aliphatic imine (C=N–C) groups is 1. The van der Waals surface area contributed by atoms with Crippen LogP contribution < -0.4 is 14.8 Å². The van der Waals surface area contributed by atoms with Crippen molar-refractivity contribution in [3.05, 3.63) is 74.1 Å². The molecule has 3 aromatic rings. The zero-order chi connectivity index (χ0) is 25.6. The third-order valence-electron chi connectivity index (χ3n) is 7.17. The molecule has 0 atom stereocenters. The molecule has 0 radical (unpaired) electrons. The van der Waals surface area contributed by atoms with E-state index in [1.165, 1.54) is 36.1 Å². The van der Waals surface area contributed by atoms with E-state index < -0.39 is 0 Å². The Hall–Kier alpha value is -2.64. The minimum absolute atomic E-state index is 0.0378. The van der Waals surface area contributed by atoms with Gasteiger partial charge in [-0.3, -0.25) is 4.79 Å². The summed E-state index contributed by atoms with van der Waals surface area (Å²) in [5.41, 5.74) is 3.86. The molecule has 37 heavy (non-hydrogen) atoms. The maximum atomic E-state index is 13.5. The second kappa shape index (κ2) is 12.3. The topological polar surface area (TPSA) is 59.9 Å². The van der Waals surface area contributed by atoms with Crippen LogP contribution in [0.15, 0.2) is 51.9 Å². The van der Waals surface area contributed by atoms with E-state index in [-0.39, 0.29) is 11.9 Å². The van der Waals surface area contributed by atoms with Gasteiger partial charge in [0.15, 0.2) is 11.5 Å². The number of thiophene rings is 1. The molecule has 1 aromatic heterocycles. The van der Waals surface area contributed by atoms with Gasteiger partial charge in [-0.25, -0.2) is 4.99 Å². The fourth-order valence-corrected chi connectivity index (χ4v) is 6.69. The Balaban J connectivity index is 1.42. The van der Waals surface area contributed by atoms with E-state index in [9.17, 15) is 4.79 Å². The molecule has 1 heterocycles. The second-order valence-corrected chi connectivity index (χ2v) is 11.8. The number of hydrogen-bond acceptors (Lipinski definition) is 5. The summed E-state index contributed by atoms with van der Waals surface area (Å²) in [4.78, 5) is 19.7. The van der Waals surface area contributed by atoms with Gasteiger partial charge >= 0.3 is 0 Å². The van der Waals surface area contributed by atoms with Gasteiger partial charge < -0.3 is 14.8 Å². The van der Waals surface area contributed by atoms with E-state index in [0.29, 0.717) is 18.1 Å². The molecule has 2 aliphatic carbocycles. The first-order valence-electron chi connectivity index (χ1n) is 13.2. The van der Waals surface area contributed by atoms with Gasteiger partial charge in [-0.1, -0.05) is 53.4 Å². The molecule has 1 N–H and O–H groups in total. The lowest BCUT2D eigenvalue weighted by atomic mass is 9.93. The van der Waals surface area contributed by atoms with Crippen LogP contribution in [0.1, 0.15) is 76.9 Å². The molecule has 0 spiro atoms. The molecular weight excluding hydrogens is 548 g/mol. The fourth-order valence-electron chi connectivity index (χ4n) is 5.20. The van der Waals surface area contributed by atoms with Crippen molar-refractivity contribution in [3.8, 4) is 11.5 Å². The first kappa shape index (κ1) is 26.0. The van der Waals surface area contributed by atoms with Crippen molar-refractivity contribution in [1.29, 1.82) is 0 Å². The van der Waals surface area contributed by atoms with Gasteiger partial charge in [-0.05, 0) is 73.9 Å². The van der Waals surface area contributed by atoms with E-state index in [4.69, 9.17) is 14.5 Å². The second-order valence-electron chi connectivity index (χ2n) is 9.75. The predicted molar refractivity (Wildman–Crippen MR) is 154 cm³/mol. The summed E-state index contributed by atoms with van der Waals surface area (Å²) < 4.78 is 12.9. The van der Waals surface area contributed by atoms with Crippen molar-refractivity contribution >= 4 is 44.4 Å². The first-order chi connectivity index (χ1) is 18.1. The van der Waals surface area contributed by atoms with Crippen LogP contribution in [0.3, 0.4) is 0 Å².